The lowest BCUT2D eigenvalue weighted by Crippen LogP contribution is -2.36. The van der Waals surface area contributed by atoms with Crippen molar-refractivity contribution in [2.24, 2.45) is 7.05 Å². The van der Waals surface area contributed by atoms with Crippen molar-refractivity contribution in [2.75, 3.05) is 18.6 Å². The van der Waals surface area contributed by atoms with Gasteiger partial charge in [-0.15, -0.1) is 0 Å². The van der Waals surface area contributed by atoms with Crippen molar-refractivity contribution in [3.05, 3.63) is 42.1 Å². The van der Waals surface area contributed by atoms with E-state index in [1.54, 1.807) is 13.1 Å². The molecule has 1 saturated heterocycles. The summed E-state index contributed by atoms with van der Waals surface area (Å²) in [5, 5.41) is 1.09. The van der Waals surface area contributed by atoms with Crippen molar-refractivity contribution >= 4 is 32.7 Å². The summed E-state index contributed by atoms with van der Waals surface area (Å²) in [7, 11) is 0.649. The van der Waals surface area contributed by atoms with Crippen molar-refractivity contribution < 1.29 is 13.2 Å². The zero-order valence-electron chi connectivity index (χ0n) is 13.3. The van der Waals surface area contributed by atoms with E-state index in [1.807, 2.05) is 42.1 Å². The molecule has 0 aliphatic carbocycles. The molecule has 1 atom stereocenters. The van der Waals surface area contributed by atoms with Crippen LogP contribution in [-0.4, -0.2) is 48.4 Å². The molecule has 0 saturated carbocycles. The van der Waals surface area contributed by atoms with Gasteiger partial charge in [-0.25, -0.2) is 8.42 Å². The van der Waals surface area contributed by atoms with Gasteiger partial charge >= 0.3 is 0 Å². The number of aromatic nitrogens is 1. The highest BCUT2D eigenvalue weighted by atomic mass is 32.2. The number of aryl methyl sites for hydroxylation is 1. The highest BCUT2D eigenvalue weighted by molar-refractivity contribution is 7.91. The van der Waals surface area contributed by atoms with Crippen molar-refractivity contribution in [1.82, 2.24) is 9.47 Å². The summed E-state index contributed by atoms with van der Waals surface area (Å²) in [6.45, 7) is 0. The number of sulfone groups is 1. The Morgan fingerprint density at radius 3 is 2.78 bits per heavy atom. The molecular formula is C17H20N2O3S. The first kappa shape index (κ1) is 15.8. The number of hydrogen-bond donors (Lipinski definition) is 0. The van der Waals surface area contributed by atoms with Crippen molar-refractivity contribution in [3.63, 3.8) is 0 Å². The topological polar surface area (TPSA) is 59.4 Å². The van der Waals surface area contributed by atoms with Crippen LogP contribution in [0, 0.1) is 0 Å². The van der Waals surface area contributed by atoms with E-state index in [0.717, 1.165) is 16.5 Å². The van der Waals surface area contributed by atoms with E-state index >= 15 is 0 Å². The first-order valence-corrected chi connectivity index (χ1v) is 9.39. The number of nitrogens with zero attached hydrogens (tertiary/aromatic N) is 2. The quantitative estimate of drug-likeness (QED) is 0.806. The first-order chi connectivity index (χ1) is 10.9. The molecule has 0 spiro atoms. The third-order valence-corrected chi connectivity index (χ3v) is 6.19. The van der Waals surface area contributed by atoms with E-state index in [2.05, 4.69) is 0 Å². The summed E-state index contributed by atoms with van der Waals surface area (Å²) in [6, 6.07) is 7.79. The van der Waals surface area contributed by atoms with Gasteiger partial charge in [0.1, 0.15) is 0 Å². The number of benzene rings is 1. The van der Waals surface area contributed by atoms with E-state index in [9.17, 15) is 13.2 Å². The number of carbonyl (C=O) groups is 1. The highest BCUT2D eigenvalue weighted by Gasteiger charge is 2.32. The summed E-state index contributed by atoms with van der Waals surface area (Å²) in [5.41, 5.74) is 2.08. The molecule has 2 heterocycles. The van der Waals surface area contributed by atoms with Crippen LogP contribution in [0.2, 0.25) is 0 Å². The zero-order valence-corrected chi connectivity index (χ0v) is 14.1. The van der Waals surface area contributed by atoms with Crippen LogP contribution in [0.5, 0.6) is 0 Å². The van der Waals surface area contributed by atoms with Gasteiger partial charge in [0.2, 0.25) is 5.91 Å². The van der Waals surface area contributed by atoms with Crippen molar-refractivity contribution in [1.29, 1.82) is 0 Å². The third-order valence-electron chi connectivity index (χ3n) is 4.44. The number of rotatable bonds is 3. The zero-order chi connectivity index (χ0) is 16.6. The summed E-state index contributed by atoms with van der Waals surface area (Å²) >= 11 is 0. The van der Waals surface area contributed by atoms with Gasteiger partial charge in [-0.2, -0.15) is 0 Å². The summed E-state index contributed by atoms with van der Waals surface area (Å²) in [6.07, 6.45) is 5.82. The molecular weight excluding hydrogens is 312 g/mol. The third kappa shape index (κ3) is 3.17. The first-order valence-electron chi connectivity index (χ1n) is 7.57. The summed E-state index contributed by atoms with van der Waals surface area (Å²) < 4.78 is 25.1. The molecule has 23 heavy (non-hydrogen) atoms. The maximum atomic E-state index is 12.3. The molecule has 5 nitrogen and oxygen atoms in total. The lowest BCUT2D eigenvalue weighted by atomic mass is 10.1. The molecule has 1 aliphatic heterocycles. The Hall–Kier alpha value is -2.08. The molecule has 122 valence electrons. The smallest absolute Gasteiger partial charge is 0.246 e. The number of likely N-dealkylation sites (N-methyl/N-ethyl adjacent to an activating group) is 1. The molecule has 0 N–H and O–H groups in total. The number of fused-ring (bicyclic) bond motifs is 1. The van der Waals surface area contributed by atoms with Gasteiger partial charge < -0.3 is 9.47 Å². The fourth-order valence-corrected chi connectivity index (χ4v) is 4.82. The second kappa shape index (κ2) is 5.85. The van der Waals surface area contributed by atoms with E-state index in [-0.39, 0.29) is 23.5 Å². The maximum absolute atomic E-state index is 12.3. The lowest BCUT2D eigenvalue weighted by Gasteiger charge is -2.21. The van der Waals surface area contributed by atoms with Crippen LogP contribution >= 0.6 is 0 Å². The average molecular weight is 332 g/mol. The number of carbonyl (C=O) groups excluding carboxylic acids is 1. The summed E-state index contributed by atoms with van der Waals surface area (Å²) in [5.74, 6) is 0.0692. The van der Waals surface area contributed by atoms with Crippen molar-refractivity contribution in [2.45, 2.75) is 12.5 Å². The molecule has 1 amide bonds. The van der Waals surface area contributed by atoms with Crippen LogP contribution in [-0.2, 0) is 21.7 Å². The minimum absolute atomic E-state index is 0.0668. The van der Waals surface area contributed by atoms with Crippen LogP contribution in [0.3, 0.4) is 0 Å². The molecule has 0 bridgehead atoms. The fraction of sp³-hybridized carbons (Fsp3) is 0.353. The Kier molecular flexibility index (Phi) is 4.02. The molecule has 0 radical (unpaired) electrons. The largest absolute Gasteiger partial charge is 0.350 e. The molecule has 6 heteroatoms. The minimum atomic E-state index is -2.99. The molecule has 3 rings (SSSR count). The predicted molar refractivity (Wildman–Crippen MR) is 91.8 cm³/mol. The summed E-state index contributed by atoms with van der Waals surface area (Å²) in [4.78, 5) is 13.8. The second-order valence-electron chi connectivity index (χ2n) is 6.05. The van der Waals surface area contributed by atoms with Crippen LogP contribution in [0.15, 0.2) is 36.5 Å². The van der Waals surface area contributed by atoms with E-state index in [0.29, 0.717) is 6.42 Å². The Balaban J connectivity index is 1.78. The van der Waals surface area contributed by atoms with Crippen LogP contribution in [0.1, 0.15) is 12.0 Å². The standard InChI is InChI=1S/C17H20N2O3S/c1-18-11-13(15-5-3-4-6-16(15)18)7-8-17(20)19(2)14-9-10-23(21,22)12-14/h3-8,11,14H,9-10,12H2,1-2H3/b8-7+. The van der Waals surface area contributed by atoms with Gasteiger partial charge in [0.15, 0.2) is 9.84 Å². The number of para-hydroxylation sites is 1. The molecule has 1 unspecified atom stereocenters. The Bertz CT molecular complexity index is 880. The Morgan fingerprint density at radius 2 is 2.09 bits per heavy atom. The maximum Gasteiger partial charge on any atom is 0.246 e. The normalized spacial score (nSPS) is 20.3. The monoisotopic (exact) mass is 332 g/mol. The Labute approximate surface area is 136 Å². The molecule has 1 fully saturated rings. The lowest BCUT2D eigenvalue weighted by molar-refractivity contribution is -0.126. The van der Waals surface area contributed by atoms with Gasteiger partial charge in [0, 0.05) is 48.9 Å². The minimum Gasteiger partial charge on any atom is -0.350 e. The molecule has 2 aromatic rings. The van der Waals surface area contributed by atoms with E-state index < -0.39 is 9.84 Å². The molecule has 1 aromatic heterocycles. The number of amides is 1. The van der Waals surface area contributed by atoms with Gasteiger partial charge in [-0.3, -0.25) is 4.79 Å². The SMILES string of the molecule is CN(C(=O)/C=C/c1cn(C)c2ccccc12)C1CCS(=O)(=O)C1. The van der Waals surface area contributed by atoms with Crippen LogP contribution < -0.4 is 0 Å². The predicted octanol–water partition coefficient (Wildman–Crippen LogP) is 1.84. The van der Waals surface area contributed by atoms with Crippen LogP contribution in [0.25, 0.3) is 17.0 Å². The highest BCUT2D eigenvalue weighted by Crippen LogP contribution is 2.22. The van der Waals surface area contributed by atoms with Gasteiger partial charge in [-0.05, 0) is 18.6 Å². The second-order valence-corrected chi connectivity index (χ2v) is 8.28. The van der Waals surface area contributed by atoms with Gasteiger partial charge in [0.05, 0.1) is 11.5 Å². The van der Waals surface area contributed by atoms with E-state index in [4.69, 9.17) is 0 Å². The van der Waals surface area contributed by atoms with E-state index in [1.165, 1.54) is 11.0 Å². The molecule has 1 aliphatic rings. The Morgan fingerprint density at radius 1 is 1.35 bits per heavy atom. The fourth-order valence-electron chi connectivity index (χ4n) is 3.05. The van der Waals surface area contributed by atoms with Crippen LogP contribution in [0.4, 0.5) is 0 Å². The van der Waals surface area contributed by atoms with Crippen molar-refractivity contribution in [3.8, 4) is 0 Å². The molecule has 1 aromatic carbocycles. The van der Waals surface area contributed by atoms with Gasteiger partial charge in [0.25, 0.3) is 0 Å². The van der Waals surface area contributed by atoms with Gasteiger partial charge in [-0.1, -0.05) is 18.2 Å². The average Bonchev–Trinajstić information content (AvgIpc) is 3.05. The number of hydrogen-bond acceptors (Lipinski definition) is 3.